The van der Waals surface area contributed by atoms with Crippen LogP contribution in [-0.2, 0) is 6.54 Å². The number of likely N-dealkylation sites (N-methyl/N-ethyl adjacent to an activating group) is 1. The number of hydrogen-bond donors (Lipinski definition) is 1. The molecule has 1 unspecified atom stereocenters. The third kappa shape index (κ3) is 4.75. The lowest BCUT2D eigenvalue weighted by Crippen LogP contribution is -2.39. The van der Waals surface area contributed by atoms with E-state index < -0.39 is 17.1 Å². The lowest BCUT2D eigenvalue weighted by atomic mass is 10.1. The summed E-state index contributed by atoms with van der Waals surface area (Å²) in [6.07, 6.45) is 3.12. The van der Waals surface area contributed by atoms with E-state index in [0.717, 1.165) is 38.9 Å². The van der Waals surface area contributed by atoms with Crippen LogP contribution in [0.4, 0.5) is 4.39 Å². The Morgan fingerprint density at radius 2 is 2.00 bits per heavy atom. The average Bonchev–Trinajstić information content (AvgIpc) is 3.29. The van der Waals surface area contributed by atoms with Crippen LogP contribution in [-0.4, -0.2) is 58.0 Å². The molecule has 4 rings (SSSR count). The fourth-order valence-corrected chi connectivity index (χ4v) is 4.49. The molecule has 1 aliphatic rings. The summed E-state index contributed by atoms with van der Waals surface area (Å²) < 4.78 is 16.1. The van der Waals surface area contributed by atoms with Crippen LogP contribution in [0.1, 0.15) is 42.1 Å². The second-order valence-electron chi connectivity index (χ2n) is 8.69. The first-order chi connectivity index (χ1) is 15.9. The monoisotopic (exact) mass is 452 g/mol. The number of likely N-dealkylation sites (tertiary alicyclic amines) is 1. The van der Waals surface area contributed by atoms with E-state index >= 15 is 0 Å². The van der Waals surface area contributed by atoms with Gasteiger partial charge in [-0.3, -0.25) is 19.1 Å². The van der Waals surface area contributed by atoms with Crippen molar-refractivity contribution in [3.05, 3.63) is 80.2 Å². The maximum Gasteiger partial charge on any atom is 0.329 e. The van der Waals surface area contributed by atoms with Gasteiger partial charge in [-0.15, -0.1) is 0 Å². The van der Waals surface area contributed by atoms with Gasteiger partial charge in [0.2, 0.25) is 0 Å². The summed E-state index contributed by atoms with van der Waals surface area (Å²) in [5.74, 6) is -0.953. The molecule has 1 N–H and O–H groups in total. The molecule has 0 spiro atoms. The minimum Gasteiger partial charge on any atom is -0.337 e. The number of aromatic nitrogens is 2. The number of unbranched alkanes of at least 4 members (excludes halogenated alkanes) is 1. The van der Waals surface area contributed by atoms with Gasteiger partial charge in [-0.1, -0.05) is 31.5 Å². The molecule has 0 bridgehead atoms. The number of H-pyrrole nitrogens is 1. The van der Waals surface area contributed by atoms with Crippen LogP contribution in [0, 0.1) is 5.82 Å². The van der Waals surface area contributed by atoms with Gasteiger partial charge >= 0.3 is 5.69 Å². The molecule has 1 aliphatic heterocycles. The van der Waals surface area contributed by atoms with Gasteiger partial charge in [0.15, 0.2) is 0 Å². The Hall–Kier alpha value is -3.26. The fourth-order valence-electron chi connectivity index (χ4n) is 4.49. The van der Waals surface area contributed by atoms with E-state index in [-0.39, 0.29) is 24.1 Å². The Morgan fingerprint density at radius 3 is 2.79 bits per heavy atom. The largest absolute Gasteiger partial charge is 0.337 e. The van der Waals surface area contributed by atoms with Gasteiger partial charge in [-0.2, -0.15) is 0 Å². The smallest absolute Gasteiger partial charge is 0.329 e. The quantitative estimate of drug-likeness (QED) is 0.598. The Balaban J connectivity index is 1.58. The molecule has 174 valence electrons. The van der Waals surface area contributed by atoms with Crippen LogP contribution in [0.15, 0.2) is 52.1 Å². The van der Waals surface area contributed by atoms with Crippen molar-refractivity contribution < 1.29 is 9.18 Å². The zero-order valence-electron chi connectivity index (χ0n) is 19.0. The van der Waals surface area contributed by atoms with Gasteiger partial charge < -0.3 is 9.80 Å². The third-order valence-electron chi connectivity index (χ3n) is 6.45. The normalized spacial score (nSPS) is 16.4. The Bertz CT molecular complexity index is 1280. The number of nitrogens with zero attached hydrogens (tertiary/aromatic N) is 3. The van der Waals surface area contributed by atoms with Crippen molar-refractivity contribution in [2.75, 3.05) is 26.7 Å². The van der Waals surface area contributed by atoms with Crippen LogP contribution in [0.3, 0.4) is 0 Å². The highest BCUT2D eigenvalue weighted by Crippen LogP contribution is 2.20. The molecule has 0 radical (unpaired) electrons. The molecule has 2 heterocycles. The minimum atomic E-state index is -0.588. The average molecular weight is 453 g/mol. The second kappa shape index (κ2) is 9.70. The van der Waals surface area contributed by atoms with Gasteiger partial charge in [-0.05, 0) is 49.2 Å². The standard InChI is InChI=1S/C25H29FN4O3/c1-3-4-12-29-13-11-18(16-29)28(2)24(32)20-14-17(9-10-21(20)26)15-30-22-8-6-5-7-19(22)23(31)27-25(30)33/h5-10,14,18H,3-4,11-13,15-16H2,1-2H3,(H,27,31,33). The van der Waals surface area contributed by atoms with Crippen molar-refractivity contribution in [1.29, 1.82) is 0 Å². The summed E-state index contributed by atoms with van der Waals surface area (Å²) in [7, 11) is 1.72. The topological polar surface area (TPSA) is 78.4 Å². The molecule has 33 heavy (non-hydrogen) atoms. The molecular weight excluding hydrogens is 423 g/mol. The van der Waals surface area contributed by atoms with Gasteiger partial charge in [0, 0.05) is 26.2 Å². The van der Waals surface area contributed by atoms with Crippen LogP contribution in [0.2, 0.25) is 0 Å². The SMILES string of the molecule is CCCCN1CCC(N(C)C(=O)c2cc(Cn3c(=O)[nH]c(=O)c4ccccc43)ccc2F)C1. The number of aromatic amines is 1. The van der Waals surface area contributed by atoms with Crippen LogP contribution >= 0.6 is 0 Å². The molecule has 1 aromatic heterocycles. The predicted molar refractivity (Wildman–Crippen MR) is 126 cm³/mol. The van der Waals surface area contributed by atoms with Gasteiger partial charge in [0.1, 0.15) is 5.82 Å². The second-order valence-corrected chi connectivity index (χ2v) is 8.69. The number of nitrogens with one attached hydrogen (secondary N) is 1. The van der Waals surface area contributed by atoms with E-state index in [1.165, 1.54) is 16.7 Å². The van der Waals surface area contributed by atoms with E-state index in [1.54, 1.807) is 42.3 Å². The summed E-state index contributed by atoms with van der Waals surface area (Å²) in [6, 6.07) is 11.2. The number of para-hydroxylation sites is 1. The summed E-state index contributed by atoms with van der Waals surface area (Å²) in [5.41, 5.74) is 0.0741. The number of halogens is 1. The van der Waals surface area contributed by atoms with Gasteiger partial charge in [-0.25, -0.2) is 9.18 Å². The highest BCUT2D eigenvalue weighted by Gasteiger charge is 2.29. The van der Waals surface area contributed by atoms with Gasteiger partial charge in [0.05, 0.1) is 23.0 Å². The van der Waals surface area contributed by atoms with Crippen molar-refractivity contribution in [3.63, 3.8) is 0 Å². The summed E-state index contributed by atoms with van der Waals surface area (Å²) in [5, 5.41) is 0.393. The number of benzene rings is 2. The van der Waals surface area contributed by atoms with Crippen LogP contribution in [0.25, 0.3) is 10.9 Å². The Morgan fingerprint density at radius 1 is 1.21 bits per heavy atom. The maximum absolute atomic E-state index is 14.7. The van der Waals surface area contributed by atoms with Crippen molar-refractivity contribution in [3.8, 4) is 0 Å². The molecule has 0 saturated carbocycles. The highest BCUT2D eigenvalue weighted by molar-refractivity contribution is 5.94. The molecule has 7 nitrogen and oxygen atoms in total. The molecule has 3 aromatic rings. The molecule has 1 amide bonds. The number of carbonyl (C=O) groups is 1. The first kappa shape index (κ1) is 22.9. The van der Waals surface area contributed by atoms with E-state index in [1.807, 2.05) is 0 Å². The van der Waals surface area contributed by atoms with E-state index in [2.05, 4.69) is 16.8 Å². The molecule has 0 aliphatic carbocycles. The number of hydrogen-bond acceptors (Lipinski definition) is 4. The van der Waals surface area contributed by atoms with Crippen molar-refractivity contribution in [1.82, 2.24) is 19.4 Å². The van der Waals surface area contributed by atoms with E-state index in [9.17, 15) is 18.8 Å². The Kier molecular flexibility index (Phi) is 6.74. The summed E-state index contributed by atoms with van der Waals surface area (Å²) in [4.78, 5) is 44.0. The van der Waals surface area contributed by atoms with Crippen molar-refractivity contribution in [2.24, 2.45) is 0 Å². The molecule has 1 fully saturated rings. The third-order valence-corrected chi connectivity index (χ3v) is 6.45. The zero-order valence-corrected chi connectivity index (χ0v) is 19.0. The molecule has 1 atom stereocenters. The zero-order chi connectivity index (χ0) is 23.5. The summed E-state index contributed by atoms with van der Waals surface area (Å²) in [6.45, 7) is 5.01. The van der Waals surface area contributed by atoms with E-state index in [4.69, 9.17) is 0 Å². The minimum absolute atomic E-state index is 0.0104. The van der Waals surface area contributed by atoms with E-state index in [0.29, 0.717) is 16.5 Å². The number of fused-ring (bicyclic) bond motifs is 1. The Labute approximate surface area is 191 Å². The molecule has 1 saturated heterocycles. The predicted octanol–water partition coefficient (Wildman–Crippen LogP) is 2.82. The lowest BCUT2D eigenvalue weighted by Gasteiger charge is -2.25. The molecule has 8 heteroatoms. The fraction of sp³-hybridized carbons (Fsp3) is 0.400. The lowest BCUT2D eigenvalue weighted by molar-refractivity contribution is 0.0730. The van der Waals surface area contributed by atoms with Gasteiger partial charge in [0.25, 0.3) is 11.5 Å². The number of carbonyl (C=O) groups excluding carboxylic acids is 1. The number of amides is 1. The molecule has 2 aromatic carbocycles. The first-order valence-electron chi connectivity index (χ1n) is 11.4. The summed E-state index contributed by atoms with van der Waals surface area (Å²) >= 11 is 0. The first-order valence-corrected chi connectivity index (χ1v) is 11.4. The van der Waals surface area contributed by atoms with Crippen LogP contribution in [0.5, 0.6) is 0 Å². The van der Waals surface area contributed by atoms with Crippen molar-refractivity contribution >= 4 is 16.8 Å². The van der Waals surface area contributed by atoms with Crippen molar-refractivity contribution in [2.45, 2.75) is 38.8 Å². The maximum atomic E-state index is 14.7. The number of rotatable bonds is 7. The molecular formula is C25H29FN4O3. The van der Waals surface area contributed by atoms with Crippen LogP contribution < -0.4 is 11.2 Å². The highest BCUT2D eigenvalue weighted by atomic mass is 19.1.